The van der Waals surface area contributed by atoms with E-state index in [-0.39, 0.29) is 11.9 Å². The summed E-state index contributed by atoms with van der Waals surface area (Å²) in [6.45, 7) is 6.71. The Kier molecular flexibility index (Phi) is 6.50. The van der Waals surface area contributed by atoms with E-state index < -0.39 is 0 Å². The number of aryl methyl sites for hydroxylation is 1. The summed E-state index contributed by atoms with van der Waals surface area (Å²) in [4.78, 5) is 12.3. The Hall–Kier alpha value is -2.20. The van der Waals surface area contributed by atoms with Crippen molar-refractivity contribution < 1.29 is 14.3 Å². The molecule has 0 aliphatic rings. The maximum Gasteiger partial charge on any atom is 0.251 e. The van der Waals surface area contributed by atoms with Gasteiger partial charge in [-0.3, -0.25) is 4.79 Å². The Labute approximate surface area is 147 Å². The standard InChI is InChI=1S/C19H22ClNO3/c1-4-23-18-10-7-15(11-17(18)20)19(22)21-14(3)12-24-16-8-5-13(2)6-9-16/h5-11,14H,4,12H2,1-3H3,(H,21,22)/t14-/m0/s1. The molecule has 2 aromatic rings. The molecule has 1 N–H and O–H groups in total. The molecule has 2 aromatic carbocycles. The summed E-state index contributed by atoms with van der Waals surface area (Å²) in [5, 5.41) is 3.32. The zero-order valence-electron chi connectivity index (χ0n) is 14.1. The first-order valence-electron chi connectivity index (χ1n) is 7.92. The molecule has 0 spiro atoms. The van der Waals surface area contributed by atoms with Gasteiger partial charge in [-0.25, -0.2) is 0 Å². The van der Waals surface area contributed by atoms with Crippen LogP contribution in [0.2, 0.25) is 5.02 Å². The Bertz CT molecular complexity index is 686. The number of carbonyl (C=O) groups is 1. The molecule has 0 bridgehead atoms. The van der Waals surface area contributed by atoms with Gasteiger partial charge < -0.3 is 14.8 Å². The van der Waals surface area contributed by atoms with Gasteiger partial charge in [-0.05, 0) is 51.1 Å². The second kappa shape index (κ2) is 8.60. The van der Waals surface area contributed by atoms with Crippen LogP contribution in [0.25, 0.3) is 0 Å². The Balaban J connectivity index is 1.89. The molecule has 0 aliphatic heterocycles. The molecule has 0 unspecified atom stereocenters. The molecule has 0 saturated heterocycles. The van der Waals surface area contributed by atoms with E-state index in [0.29, 0.717) is 29.5 Å². The lowest BCUT2D eigenvalue weighted by atomic mass is 10.2. The summed E-state index contributed by atoms with van der Waals surface area (Å²) < 4.78 is 11.0. The van der Waals surface area contributed by atoms with E-state index in [1.807, 2.05) is 45.0 Å². The number of nitrogens with one attached hydrogen (secondary N) is 1. The second-order valence-electron chi connectivity index (χ2n) is 5.58. The van der Waals surface area contributed by atoms with Gasteiger partial charge in [-0.2, -0.15) is 0 Å². The third-order valence-corrected chi connectivity index (χ3v) is 3.69. The average Bonchev–Trinajstić information content (AvgIpc) is 2.56. The lowest BCUT2D eigenvalue weighted by Crippen LogP contribution is -2.36. The molecule has 5 heteroatoms. The van der Waals surface area contributed by atoms with Gasteiger partial charge in [0.05, 0.1) is 17.7 Å². The van der Waals surface area contributed by atoms with Crippen molar-refractivity contribution in [3.8, 4) is 11.5 Å². The van der Waals surface area contributed by atoms with Gasteiger partial charge in [-0.15, -0.1) is 0 Å². The first-order valence-corrected chi connectivity index (χ1v) is 8.30. The molecular formula is C19H22ClNO3. The van der Waals surface area contributed by atoms with Crippen LogP contribution in [-0.2, 0) is 0 Å². The molecule has 0 fully saturated rings. The minimum atomic E-state index is -0.194. The minimum absolute atomic E-state index is 0.135. The zero-order valence-corrected chi connectivity index (χ0v) is 14.9. The number of hydrogen-bond donors (Lipinski definition) is 1. The van der Waals surface area contributed by atoms with Crippen LogP contribution in [0.1, 0.15) is 29.8 Å². The fourth-order valence-corrected chi connectivity index (χ4v) is 2.35. The van der Waals surface area contributed by atoms with Crippen LogP contribution in [0.5, 0.6) is 11.5 Å². The molecule has 0 aromatic heterocycles. The number of hydrogen-bond acceptors (Lipinski definition) is 3. The predicted octanol–water partition coefficient (Wildman–Crippen LogP) is 4.24. The normalized spacial score (nSPS) is 11.7. The van der Waals surface area contributed by atoms with Crippen LogP contribution in [0.3, 0.4) is 0 Å². The number of ether oxygens (including phenoxy) is 2. The SMILES string of the molecule is CCOc1ccc(C(=O)N[C@@H](C)COc2ccc(C)cc2)cc1Cl. The molecule has 128 valence electrons. The number of benzene rings is 2. The van der Waals surface area contributed by atoms with Crippen molar-refractivity contribution >= 4 is 17.5 Å². The van der Waals surface area contributed by atoms with Crippen LogP contribution < -0.4 is 14.8 Å². The maximum absolute atomic E-state index is 12.3. The Morgan fingerprint density at radius 1 is 1.17 bits per heavy atom. The second-order valence-corrected chi connectivity index (χ2v) is 5.98. The molecule has 0 heterocycles. The quantitative estimate of drug-likeness (QED) is 0.814. The average molecular weight is 348 g/mol. The first kappa shape index (κ1) is 18.1. The summed E-state index contributed by atoms with van der Waals surface area (Å²) in [5.41, 5.74) is 1.67. The molecule has 1 amide bonds. The van der Waals surface area contributed by atoms with Gasteiger partial charge in [0.15, 0.2) is 0 Å². The van der Waals surface area contributed by atoms with Gasteiger partial charge in [0.1, 0.15) is 18.1 Å². The van der Waals surface area contributed by atoms with Gasteiger partial charge in [0, 0.05) is 5.56 Å². The molecule has 1 atom stereocenters. The van der Waals surface area contributed by atoms with Gasteiger partial charge >= 0.3 is 0 Å². The highest BCUT2D eigenvalue weighted by molar-refractivity contribution is 6.32. The fraction of sp³-hybridized carbons (Fsp3) is 0.316. The molecule has 4 nitrogen and oxygen atoms in total. The van der Waals surface area contributed by atoms with Crippen LogP contribution in [0.15, 0.2) is 42.5 Å². The highest BCUT2D eigenvalue weighted by Gasteiger charge is 2.12. The van der Waals surface area contributed by atoms with E-state index in [1.165, 1.54) is 5.56 Å². The Morgan fingerprint density at radius 3 is 2.50 bits per heavy atom. The minimum Gasteiger partial charge on any atom is -0.492 e. The van der Waals surface area contributed by atoms with Crippen LogP contribution >= 0.6 is 11.6 Å². The first-order chi connectivity index (χ1) is 11.5. The summed E-state index contributed by atoms with van der Waals surface area (Å²) in [5.74, 6) is 1.16. The van der Waals surface area contributed by atoms with Crippen molar-refractivity contribution in [3.63, 3.8) is 0 Å². The van der Waals surface area contributed by atoms with E-state index >= 15 is 0 Å². The van der Waals surface area contributed by atoms with E-state index in [0.717, 1.165) is 5.75 Å². The summed E-state index contributed by atoms with van der Waals surface area (Å²) in [7, 11) is 0. The topological polar surface area (TPSA) is 47.6 Å². The van der Waals surface area contributed by atoms with Gasteiger partial charge in [-0.1, -0.05) is 29.3 Å². The van der Waals surface area contributed by atoms with E-state index in [1.54, 1.807) is 18.2 Å². The van der Waals surface area contributed by atoms with Crippen molar-refractivity contribution in [1.82, 2.24) is 5.32 Å². The monoisotopic (exact) mass is 347 g/mol. The lowest BCUT2D eigenvalue weighted by molar-refractivity contribution is 0.0926. The van der Waals surface area contributed by atoms with E-state index in [9.17, 15) is 4.79 Å². The van der Waals surface area contributed by atoms with Crippen LogP contribution in [-0.4, -0.2) is 25.2 Å². The smallest absolute Gasteiger partial charge is 0.251 e. The van der Waals surface area contributed by atoms with Crippen LogP contribution in [0, 0.1) is 6.92 Å². The number of amides is 1. The predicted molar refractivity (Wildman–Crippen MR) is 96.2 cm³/mol. The fourth-order valence-electron chi connectivity index (χ4n) is 2.12. The summed E-state index contributed by atoms with van der Waals surface area (Å²) in [6, 6.07) is 12.7. The lowest BCUT2D eigenvalue weighted by Gasteiger charge is -2.15. The van der Waals surface area contributed by atoms with E-state index in [2.05, 4.69) is 5.32 Å². The molecule has 2 rings (SSSR count). The van der Waals surface area contributed by atoms with Gasteiger partial charge in [0.25, 0.3) is 5.91 Å². The zero-order chi connectivity index (χ0) is 17.5. The number of halogens is 1. The number of rotatable bonds is 7. The highest BCUT2D eigenvalue weighted by atomic mass is 35.5. The molecule has 24 heavy (non-hydrogen) atoms. The third-order valence-electron chi connectivity index (χ3n) is 3.39. The summed E-state index contributed by atoms with van der Waals surface area (Å²) >= 11 is 6.11. The summed E-state index contributed by atoms with van der Waals surface area (Å²) in [6.07, 6.45) is 0. The highest BCUT2D eigenvalue weighted by Crippen LogP contribution is 2.25. The number of carbonyl (C=O) groups excluding carboxylic acids is 1. The van der Waals surface area contributed by atoms with Gasteiger partial charge in [0.2, 0.25) is 0 Å². The molecule has 0 saturated carbocycles. The van der Waals surface area contributed by atoms with Crippen molar-refractivity contribution in [2.75, 3.05) is 13.2 Å². The van der Waals surface area contributed by atoms with Crippen molar-refractivity contribution in [2.45, 2.75) is 26.8 Å². The molecular weight excluding hydrogens is 326 g/mol. The molecule has 0 aliphatic carbocycles. The molecule has 0 radical (unpaired) electrons. The van der Waals surface area contributed by atoms with Crippen LogP contribution in [0.4, 0.5) is 0 Å². The third kappa shape index (κ3) is 5.17. The maximum atomic E-state index is 12.3. The van der Waals surface area contributed by atoms with E-state index in [4.69, 9.17) is 21.1 Å². The van der Waals surface area contributed by atoms with Crippen molar-refractivity contribution in [3.05, 3.63) is 58.6 Å². The largest absolute Gasteiger partial charge is 0.492 e. The van der Waals surface area contributed by atoms with Crippen molar-refractivity contribution in [2.24, 2.45) is 0 Å². The van der Waals surface area contributed by atoms with Crippen molar-refractivity contribution in [1.29, 1.82) is 0 Å². The Morgan fingerprint density at radius 2 is 1.88 bits per heavy atom.